The second-order valence-corrected chi connectivity index (χ2v) is 7.83. The molecular weight excluding hydrogens is 400 g/mol. The minimum atomic E-state index is -0.611. The Hall–Kier alpha value is -3.95. The van der Waals surface area contributed by atoms with Gasteiger partial charge in [0.05, 0.1) is 5.56 Å². The van der Waals surface area contributed by atoms with Gasteiger partial charge >= 0.3 is 6.09 Å². The van der Waals surface area contributed by atoms with Crippen LogP contribution in [0.25, 0.3) is 22.2 Å². The Labute approximate surface area is 178 Å². The number of aryl methyl sites for hydroxylation is 1. The molecule has 4 rings (SSSR count). The number of tetrazole rings is 1. The highest BCUT2D eigenvalue weighted by Gasteiger charge is 2.19. The zero-order valence-electron chi connectivity index (χ0n) is 17.6. The maximum Gasteiger partial charge on any atom is 0.413 e. The van der Waals surface area contributed by atoms with E-state index in [-0.39, 0.29) is 12.4 Å². The van der Waals surface area contributed by atoms with Crippen LogP contribution in [-0.4, -0.2) is 36.9 Å². The van der Waals surface area contributed by atoms with E-state index in [1.165, 1.54) is 6.26 Å². The van der Waals surface area contributed by atoms with Gasteiger partial charge in [0, 0.05) is 7.05 Å². The third kappa shape index (κ3) is 4.63. The van der Waals surface area contributed by atoms with Crippen LogP contribution < -0.4 is 10.1 Å². The average molecular weight is 422 g/mol. The third-order valence-corrected chi connectivity index (χ3v) is 4.27. The number of fused-ring (bicyclic) bond motifs is 1. The van der Waals surface area contributed by atoms with Crippen molar-refractivity contribution in [2.45, 2.75) is 33.0 Å². The number of aromatic nitrogens is 5. The molecule has 0 fully saturated rings. The van der Waals surface area contributed by atoms with E-state index in [4.69, 9.17) is 13.9 Å². The minimum absolute atomic E-state index is 0.0482. The zero-order valence-corrected chi connectivity index (χ0v) is 17.6. The number of hydrogen-bond acceptors (Lipinski definition) is 8. The van der Waals surface area contributed by atoms with Gasteiger partial charge in [-0.15, -0.1) is 5.10 Å². The topological polar surface area (TPSA) is 117 Å². The standard InChI is InChI=1S/C21H22N6O4/c1-21(2,3)31-20(28)23-16-11-30-17(22-16)12-29-15-10-9-13-7-5-6-8-14(13)18(15)19-24-25-26-27(19)4/h5-11H,12H2,1-4H3,(H,23,28). The molecular formula is C21H22N6O4. The average Bonchev–Trinajstić information content (AvgIpc) is 3.33. The first kappa shape index (κ1) is 20.3. The number of amides is 1. The van der Waals surface area contributed by atoms with Gasteiger partial charge < -0.3 is 13.9 Å². The molecule has 0 aliphatic rings. The van der Waals surface area contributed by atoms with Crippen molar-refractivity contribution in [2.75, 3.05) is 5.32 Å². The van der Waals surface area contributed by atoms with Crippen LogP contribution in [0.15, 0.2) is 47.1 Å². The first-order valence-corrected chi connectivity index (χ1v) is 9.62. The van der Waals surface area contributed by atoms with Gasteiger partial charge in [0.1, 0.15) is 17.6 Å². The SMILES string of the molecule is Cn1nnnc1-c1c(OCc2nc(NC(=O)OC(C)(C)C)co2)ccc2ccccc12. The summed E-state index contributed by atoms with van der Waals surface area (Å²) in [6, 6.07) is 11.7. The lowest BCUT2D eigenvalue weighted by molar-refractivity contribution is 0.0635. The number of nitrogens with zero attached hydrogens (tertiary/aromatic N) is 5. The van der Waals surface area contributed by atoms with Crippen LogP contribution in [-0.2, 0) is 18.4 Å². The number of hydrogen-bond donors (Lipinski definition) is 1. The predicted octanol–water partition coefficient (Wildman–Crippen LogP) is 3.94. The fourth-order valence-corrected chi connectivity index (χ4v) is 3.03. The van der Waals surface area contributed by atoms with E-state index in [0.717, 1.165) is 16.3 Å². The second-order valence-electron chi connectivity index (χ2n) is 7.83. The monoisotopic (exact) mass is 422 g/mol. The molecule has 10 heteroatoms. The van der Waals surface area contributed by atoms with Crippen molar-refractivity contribution in [1.82, 2.24) is 25.2 Å². The van der Waals surface area contributed by atoms with Gasteiger partial charge in [-0.05, 0) is 48.0 Å². The number of carbonyl (C=O) groups is 1. The molecule has 2 heterocycles. The fraction of sp³-hybridized carbons (Fsp3) is 0.286. The number of ether oxygens (including phenoxy) is 2. The van der Waals surface area contributed by atoms with Crippen molar-refractivity contribution < 1.29 is 18.7 Å². The highest BCUT2D eigenvalue weighted by Crippen LogP contribution is 2.36. The Kier molecular flexibility index (Phi) is 5.28. The van der Waals surface area contributed by atoms with Gasteiger partial charge in [0.2, 0.25) is 5.89 Å². The number of anilines is 1. The molecule has 2 aromatic carbocycles. The summed E-state index contributed by atoms with van der Waals surface area (Å²) in [6.45, 7) is 5.39. The normalized spacial score (nSPS) is 11.5. The van der Waals surface area contributed by atoms with E-state index >= 15 is 0 Å². The minimum Gasteiger partial charge on any atom is -0.483 e. The highest BCUT2D eigenvalue weighted by atomic mass is 16.6. The third-order valence-electron chi connectivity index (χ3n) is 4.27. The van der Waals surface area contributed by atoms with Gasteiger partial charge in [0.25, 0.3) is 0 Å². The molecule has 0 aliphatic carbocycles. The van der Waals surface area contributed by atoms with Gasteiger partial charge in [-0.2, -0.15) is 4.98 Å². The molecule has 160 valence electrons. The summed E-state index contributed by atoms with van der Waals surface area (Å²) < 4.78 is 18.2. The van der Waals surface area contributed by atoms with Gasteiger partial charge in [-0.1, -0.05) is 30.3 Å². The summed E-state index contributed by atoms with van der Waals surface area (Å²) in [5.74, 6) is 1.69. The molecule has 31 heavy (non-hydrogen) atoms. The molecule has 0 spiro atoms. The van der Waals surface area contributed by atoms with Crippen molar-refractivity contribution in [1.29, 1.82) is 0 Å². The maximum atomic E-state index is 11.9. The van der Waals surface area contributed by atoms with E-state index in [1.54, 1.807) is 32.5 Å². The number of nitrogens with one attached hydrogen (secondary N) is 1. The lowest BCUT2D eigenvalue weighted by Crippen LogP contribution is -2.27. The maximum absolute atomic E-state index is 11.9. The van der Waals surface area contributed by atoms with Crippen LogP contribution >= 0.6 is 0 Å². The van der Waals surface area contributed by atoms with E-state index in [0.29, 0.717) is 17.5 Å². The van der Waals surface area contributed by atoms with Crippen LogP contribution in [0.1, 0.15) is 26.7 Å². The summed E-state index contributed by atoms with van der Waals surface area (Å²) in [7, 11) is 1.77. The lowest BCUT2D eigenvalue weighted by atomic mass is 10.0. The van der Waals surface area contributed by atoms with E-state index in [9.17, 15) is 4.79 Å². The molecule has 2 aromatic heterocycles. The lowest BCUT2D eigenvalue weighted by Gasteiger charge is -2.18. The smallest absolute Gasteiger partial charge is 0.413 e. The Bertz CT molecular complexity index is 1220. The molecule has 0 saturated heterocycles. The summed E-state index contributed by atoms with van der Waals surface area (Å²) in [5, 5.41) is 16.3. The molecule has 0 bridgehead atoms. The van der Waals surface area contributed by atoms with Crippen molar-refractivity contribution in [3.63, 3.8) is 0 Å². The molecule has 0 saturated carbocycles. The fourth-order valence-electron chi connectivity index (χ4n) is 3.03. The Morgan fingerprint density at radius 2 is 2.00 bits per heavy atom. The summed E-state index contributed by atoms with van der Waals surface area (Å²) in [4.78, 5) is 16.1. The molecule has 0 aliphatic heterocycles. The van der Waals surface area contributed by atoms with Crippen molar-refractivity contribution in [3.05, 3.63) is 48.6 Å². The number of oxazole rings is 1. The Morgan fingerprint density at radius 1 is 1.19 bits per heavy atom. The predicted molar refractivity (Wildman–Crippen MR) is 112 cm³/mol. The first-order valence-electron chi connectivity index (χ1n) is 9.62. The van der Waals surface area contributed by atoms with Crippen molar-refractivity contribution in [3.8, 4) is 17.1 Å². The highest BCUT2D eigenvalue weighted by molar-refractivity contribution is 5.98. The molecule has 4 aromatic rings. The molecule has 1 N–H and O–H groups in total. The van der Waals surface area contributed by atoms with E-state index < -0.39 is 11.7 Å². The van der Waals surface area contributed by atoms with Gasteiger partial charge in [-0.3, -0.25) is 5.32 Å². The van der Waals surface area contributed by atoms with Gasteiger partial charge in [-0.25, -0.2) is 9.48 Å². The summed E-state index contributed by atoms with van der Waals surface area (Å²) >= 11 is 0. The van der Waals surface area contributed by atoms with E-state index in [1.807, 2.05) is 36.4 Å². The quantitative estimate of drug-likeness (QED) is 0.514. The summed E-state index contributed by atoms with van der Waals surface area (Å²) in [6.07, 6.45) is 0.719. The van der Waals surface area contributed by atoms with E-state index in [2.05, 4.69) is 25.8 Å². The molecule has 10 nitrogen and oxygen atoms in total. The number of rotatable bonds is 5. The largest absolute Gasteiger partial charge is 0.483 e. The summed E-state index contributed by atoms with van der Waals surface area (Å²) in [5.41, 5.74) is 0.158. The van der Waals surface area contributed by atoms with Crippen LogP contribution in [0.3, 0.4) is 0 Å². The van der Waals surface area contributed by atoms with Crippen molar-refractivity contribution >= 4 is 22.7 Å². The van der Waals surface area contributed by atoms with Crippen LogP contribution in [0.5, 0.6) is 5.75 Å². The number of benzene rings is 2. The van der Waals surface area contributed by atoms with Crippen LogP contribution in [0.2, 0.25) is 0 Å². The molecule has 0 unspecified atom stereocenters. The van der Waals surface area contributed by atoms with Crippen LogP contribution in [0.4, 0.5) is 10.6 Å². The first-order chi connectivity index (χ1) is 14.8. The second kappa shape index (κ2) is 8.05. The number of carbonyl (C=O) groups excluding carboxylic acids is 1. The molecule has 1 amide bonds. The Balaban J connectivity index is 1.55. The molecule has 0 radical (unpaired) electrons. The van der Waals surface area contributed by atoms with Crippen molar-refractivity contribution in [2.24, 2.45) is 7.05 Å². The Morgan fingerprint density at radius 3 is 2.74 bits per heavy atom. The molecule has 0 atom stereocenters. The zero-order chi connectivity index (χ0) is 22.0. The van der Waals surface area contributed by atoms with Gasteiger partial charge in [0.15, 0.2) is 18.2 Å². The van der Waals surface area contributed by atoms with Crippen LogP contribution in [0, 0.1) is 0 Å².